The molecule has 2 amide bonds. The molecule has 0 saturated carbocycles. The van der Waals surface area contributed by atoms with E-state index < -0.39 is 17.6 Å². The maximum absolute atomic E-state index is 12.3. The second kappa shape index (κ2) is 10.3. The highest BCUT2D eigenvalue weighted by Gasteiger charge is 2.21. The minimum atomic E-state index is -0.765. The Balaban J connectivity index is 1.64. The second-order valence-corrected chi connectivity index (χ2v) is 9.75. The van der Waals surface area contributed by atoms with E-state index >= 15 is 0 Å². The molecule has 0 saturated heterocycles. The average molecular weight is 519 g/mol. The number of hydrogen-bond donors (Lipinski definition) is 3. The van der Waals surface area contributed by atoms with Crippen LogP contribution in [0.25, 0.3) is 33.4 Å². The maximum Gasteiger partial charge on any atom is 0.410 e. The van der Waals surface area contributed by atoms with E-state index in [9.17, 15) is 9.59 Å². The van der Waals surface area contributed by atoms with Gasteiger partial charge in [-0.15, -0.1) is 0 Å². The number of nitrogens with zero attached hydrogens (tertiary/aromatic N) is 5. The fourth-order valence-electron chi connectivity index (χ4n) is 3.82. The third-order valence-electron chi connectivity index (χ3n) is 5.65. The first-order valence-electron chi connectivity index (χ1n) is 11.9. The van der Waals surface area contributed by atoms with Gasteiger partial charge in [-0.3, -0.25) is 9.89 Å². The Morgan fingerprint density at radius 2 is 1.89 bits per heavy atom. The number of likely N-dealkylation sites (N-methyl/N-ethyl adjacent to an activating group) is 1. The molecular formula is C26H30N8O4. The summed E-state index contributed by atoms with van der Waals surface area (Å²) < 4.78 is 11.0. The van der Waals surface area contributed by atoms with Crippen molar-refractivity contribution in [2.75, 3.05) is 25.9 Å². The number of primary amides is 1. The molecule has 4 rings (SSSR count). The number of nitrogens with two attached hydrogens (primary N) is 2. The first-order chi connectivity index (χ1) is 17.9. The van der Waals surface area contributed by atoms with Crippen LogP contribution in [0, 0.1) is 6.92 Å². The Kier molecular flexibility index (Phi) is 7.15. The number of anilines is 1. The summed E-state index contributed by atoms with van der Waals surface area (Å²) in [5, 5.41) is 7.92. The second-order valence-electron chi connectivity index (χ2n) is 9.75. The number of aromatic nitrogens is 5. The summed E-state index contributed by atoms with van der Waals surface area (Å²) in [6.45, 7) is 7.72. The number of ether oxygens (including phenoxy) is 2. The molecule has 198 valence electrons. The molecule has 38 heavy (non-hydrogen) atoms. The van der Waals surface area contributed by atoms with Gasteiger partial charge in [0.25, 0.3) is 5.91 Å². The van der Waals surface area contributed by atoms with Gasteiger partial charge in [-0.05, 0) is 57.0 Å². The van der Waals surface area contributed by atoms with Crippen LogP contribution in [0.4, 0.5) is 10.5 Å². The van der Waals surface area contributed by atoms with Crippen LogP contribution >= 0.6 is 0 Å². The molecule has 0 unspecified atom stereocenters. The van der Waals surface area contributed by atoms with Crippen LogP contribution in [0.1, 0.15) is 36.8 Å². The minimum Gasteiger partial charge on any atom is -0.462 e. The third kappa shape index (κ3) is 5.64. The number of fused-ring (bicyclic) bond motifs is 1. The molecule has 4 aromatic rings. The largest absolute Gasteiger partial charge is 0.462 e. The lowest BCUT2D eigenvalue weighted by atomic mass is 9.94. The molecule has 12 nitrogen and oxygen atoms in total. The number of nitrogen functional groups attached to an aromatic ring is 1. The van der Waals surface area contributed by atoms with Crippen molar-refractivity contribution in [2.45, 2.75) is 33.3 Å². The van der Waals surface area contributed by atoms with Crippen LogP contribution in [0.3, 0.4) is 0 Å². The summed E-state index contributed by atoms with van der Waals surface area (Å²) >= 11 is 0. The minimum absolute atomic E-state index is 0.0718. The van der Waals surface area contributed by atoms with E-state index in [0.717, 1.165) is 22.0 Å². The van der Waals surface area contributed by atoms with Crippen LogP contribution in [-0.2, 0) is 4.74 Å². The van der Waals surface area contributed by atoms with Gasteiger partial charge >= 0.3 is 12.1 Å². The number of carbonyl (C=O) groups excluding carboxylic acids is 2. The molecule has 0 aliphatic carbocycles. The average Bonchev–Trinajstić information content (AvgIpc) is 3.32. The van der Waals surface area contributed by atoms with Gasteiger partial charge in [0.1, 0.15) is 12.2 Å². The van der Waals surface area contributed by atoms with Gasteiger partial charge in [-0.2, -0.15) is 10.1 Å². The summed E-state index contributed by atoms with van der Waals surface area (Å²) in [6, 6.07) is 7.32. The van der Waals surface area contributed by atoms with E-state index in [2.05, 4.69) is 25.1 Å². The Morgan fingerprint density at radius 1 is 1.13 bits per heavy atom. The zero-order valence-electron chi connectivity index (χ0n) is 21.9. The fraction of sp³-hybridized carbons (Fsp3) is 0.308. The van der Waals surface area contributed by atoms with Gasteiger partial charge < -0.3 is 25.8 Å². The number of aryl methyl sites for hydroxylation is 1. The number of hydrogen-bond acceptors (Lipinski definition) is 9. The lowest BCUT2D eigenvalue weighted by Crippen LogP contribution is -2.36. The van der Waals surface area contributed by atoms with Crippen molar-refractivity contribution < 1.29 is 19.1 Å². The topological polar surface area (TPSA) is 175 Å². The van der Waals surface area contributed by atoms with Crippen molar-refractivity contribution in [3.63, 3.8) is 0 Å². The molecule has 12 heteroatoms. The molecule has 3 heterocycles. The molecule has 0 aliphatic rings. The molecule has 3 aromatic heterocycles. The molecule has 0 atom stereocenters. The van der Waals surface area contributed by atoms with Crippen LogP contribution in [0.5, 0.6) is 6.01 Å². The molecule has 1 aromatic carbocycles. The van der Waals surface area contributed by atoms with E-state index in [1.165, 1.54) is 11.1 Å². The highest BCUT2D eigenvalue weighted by Crippen LogP contribution is 2.37. The third-order valence-corrected chi connectivity index (χ3v) is 5.65. The zero-order valence-corrected chi connectivity index (χ0v) is 21.9. The summed E-state index contributed by atoms with van der Waals surface area (Å²) in [5.74, 6) is -0.765. The maximum atomic E-state index is 12.3. The van der Waals surface area contributed by atoms with Crippen LogP contribution < -0.4 is 16.2 Å². The van der Waals surface area contributed by atoms with E-state index in [4.69, 9.17) is 20.9 Å². The van der Waals surface area contributed by atoms with Crippen molar-refractivity contribution in [1.82, 2.24) is 30.0 Å². The van der Waals surface area contributed by atoms with Crippen LogP contribution in [0.15, 0.2) is 36.7 Å². The molecule has 5 N–H and O–H groups in total. The highest BCUT2D eigenvalue weighted by molar-refractivity contribution is 6.05. The van der Waals surface area contributed by atoms with Gasteiger partial charge in [-0.25, -0.2) is 14.8 Å². The number of rotatable bonds is 7. The van der Waals surface area contributed by atoms with Gasteiger partial charge in [0.2, 0.25) is 0 Å². The van der Waals surface area contributed by atoms with Crippen LogP contribution in [-0.4, -0.2) is 67.8 Å². The SMILES string of the molecule is Cc1ccc2[nH]ncc2c1-c1cc(-c2ccnc(OCCN(C)C(=O)OC(C)(C)C)n2)nc(C(N)=O)c1N. The Hall–Kier alpha value is -4.74. The molecule has 0 bridgehead atoms. The van der Waals surface area contributed by atoms with Gasteiger partial charge in [0.05, 0.1) is 35.3 Å². The summed E-state index contributed by atoms with van der Waals surface area (Å²) in [7, 11) is 1.61. The Bertz CT molecular complexity index is 1510. The predicted molar refractivity (Wildman–Crippen MR) is 142 cm³/mol. The van der Waals surface area contributed by atoms with Gasteiger partial charge in [-0.1, -0.05) is 6.07 Å². The molecule has 0 aliphatic heterocycles. The number of carbonyl (C=O) groups is 2. The fourth-order valence-corrected chi connectivity index (χ4v) is 3.82. The molecular weight excluding hydrogens is 488 g/mol. The normalized spacial score (nSPS) is 11.4. The predicted octanol–water partition coefficient (Wildman–Crippen LogP) is 3.32. The highest BCUT2D eigenvalue weighted by atomic mass is 16.6. The van der Waals surface area contributed by atoms with E-state index in [-0.39, 0.29) is 30.5 Å². The number of amides is 2. The molecule has 0 fully saturated rings. The van der Waals surface area contributed by atoms with Crippen molar-refractivity contribution in [1.29, 1.82) is 0 Å². The molecule has 0 radical (unpaired) electrons. The zero-order chi connectivity index (χ0) is 27.6. The molecule has 0 spiro atoms. The van der Waals surface area contributed by atoms with Crippen LogP contribution in [0.2, 0.25) is 0 Å². The summed E-state index contributed by atoms with van der Waals surface area (Å²) in [6.07, 6.45) is 2.75. The Labute approximate surface area is 219 Å². The number of aromatic amines is 1. The smallest absolute Gasteiger partial charge is 0.410 e. The van der Waals surface area contributed by atoms with Crippen molar-refractivity contribution in [2.24, 2.45) is 5.73 Å². The van der Waals surface area contributed by atoms with E-state index in [1.807, 2.05) is 19.1 Å². The Morgan fingerprint density at radius 3 is 2.61 bits per heavy atom. The number of pyridine rings is 1. The van der Waals surface area contributed by atoms with Gasteiger partial charge in [0.15, 0.2) is 5.69 Å². The van der Waals surface area contributed by atoms with Crippen molar-refractivity contribution in [3.8, 4) is 28.5 Å². The lowest BCUT2D eigenvalue weighted by molar-refractivity contribution is 0.0276. The number of nitrogens with one attached hydrogen (secondary N) is 1. The van der Waals surface area contributed by atoms with E-state index in [0.29, 0.717) is 17.0 Å². The number of H-pyrrole nitrogens is 1. The van der Waals surface area contributed by atoms with Crippen molar-refractivity contribution in [3.05, 3.63) is 47.9 Å². The first-order valence-corrected chi connectivity index (χ1v) is 11.9. The summed E-state index contributed by atoms with van der Waals surface area (Å²) in [4.78, 5) is 38.8. The number of benzene rings is 1. The quantitative estimate of drug-likeness (QED) is 0.331. The lowest BCUT2D eigenvalue weighted by Gasteiger charge is -2.24. The monoisotopic (exact) mass is 518 g/mol. The summed E-state index contributed by atoms with van der Waals surface area (Å²) in [5.41, 5.74) is 15.4. The van der Waals surface area contributed by atoms with Crippen molar-refractivity contribution >= 4 is 28.6 Å². The van der Waals surface area contributed by atoms with Gasteiger partial charge in [0, 0.05) is 24.2 Å². The van der Waals surface area contributed by atoms with E-state index in [1.54, 1.807) is 46.1 Å². The first kappa shape index (κ1) is 26.3. The standard InChI is InChI=1S/C26H30N8O4/c1-14-6-7-17-16(13-30-33-17)20(14)15-12-19(31-22(21(15)27)23(28)35)18-8-9-29-24(32-18)37-11-10-34(5)25(36)38-26(2,3)4/h6-9,12-13H,10-11,27H2,1-5H3,(H2,28,35)(H,30,33).